The number of rotatable bonds is 8. The molecule has 2 N–H and O–H groups in total. The molecule has 0 unspecified atom stereocenters. The lowest BCUT2D eigenvalue weighted by Crippen LogP contribution is -2.18. The standard InChI is InChI=1S/C14H21N5O2/c1-19(2)12-6-4-5-11(9-12)16-14-18-17-13(21-14)10-15-7-8-20-3/h4-6,9,15H,7-8,10H2,1-3H3,(H,16,18). The summed E-state index contributed by atoms with van der Waals surface area (Å²) in [6, 6.07) is 8.36. The number of hydrogen-bond acceptors (Lipinski definition) is 7. The van der Waals surface area contributed by atoms with E-state index in [-0.39, 0.29) is 0 Å². The smallest absolute Gasteiger partial charge is 0.320 e. The number of methoxy groups -OCH3 is 1. The molecule has 1 heterocycles. The van der Waals surface area contributed by atoms with Crippen molar-refractivity contribution in [2.45, 2.75) is 6.54 Å². The fraction of sp³-hybridized carbons (Fsp3) is 0.429. The van der Waals surface area contributed by atoms with E-state index in [1.807, 2.05) is 43.3 Å². The molecule has 0 saturated carbocycles. The van der Waals surface area contributed by atoms with Gasteiger partial charge in [-0.15, -0.1) is 5.10 Å². The van der Waals surface area contributed by atoms with Gasteiger partial charge in [0.15, 0.2) is 0 Å². The zero-order valence-electron chi connectivity index (χ0n) is 12.6. The molecule has 7 heteroatoms. The van der Waals surface area contributed by atoms with Crippen molar-refractivity contribution in [1.29, 1.82) is 0 Å². The molecule has 0 aliphatic carbocycles. The highest BCUT2D eigenvalue weighted by Crippen LogP contribution is 2.20. The molecule has 2 aromatic rings. The van der Waals surface area contributed by atoms with Gasteiger partial charge in [-0.1, -0.05) is 11.2 Å². The lowest BCUT2D eigenvalue weighted by molar-refractivity contribution is 0.198. The van der Waals surface area contributed by atoms with Gasteiger partial charge >= 0.3 is 6.01 Å². The molecular weight excluding hydrogens is 270 g/mol. The first-order chi connectivity index (χ1) is 10.2. The van der Waals surface area contributed by atoms with Crippen LogP contribution >= 0.6 is 0 Å². The second-order valence-corrected chi connectivity index (χ2v) is 4.74. The Bertz CT molecular complexity index is 556. The molecule has 0 fully saturated rings. The zero-order chi connectivity index (χ0) is 15.1. The van der Waals surface area contributed by atoms with Gasteiger partial charge in [-0.3, -0.25) is 0 Å². The average molecular weight is 291 g/mol. The van der Waals surface area contributed by atoms with Crippen LogP contribution in [0, 0.1) is 0 Å². The van der Waals surface area contributed by atoms with Gasteiger partial charge in [0.05, 0.1) is 13.2 Å². The maximum absolute atomic E-state index is 5.52. The monoisotopic (exact) mass is 291 g/mol. The number of benzene rings is 1. The lowest BCUT2D eigenvalue weighted by atomic mass is 10.2. The van der Waals surface area contributed by atoms with Crippen molar-refractivity contribution in [3.63, 3.8) is 0 Å². The van der Waals surface area contributed by atoms with Crippen LogP contribution in [0.5, 0.6) is 0 Å². The van der Waals surface area contributed by atoms with E-state index in [0.29, 0.717) is 25.1 Å². The minimum atomic E-state index is 0.384. The zero-order valence-corrected chi connectivity index (χ0v) is 12.6. The third-order valence-corrected chi connectivity index (χ3v) is 2.84. The van der Waals surface area contributed by atoms with Crippen molar-refractivity contribution >= 4 is 17.4 Å². The van der Waals surface area contributed by atoms with Gasteiger partial charge in [0.2, 0.25) is 5.89 Å². The van der Waals surface area contributed by atoms with E-state index in [9.17, 15) is 0 Å². The van der Waals surface area contributed by atoms with E-state index >= 15 is 0 Å². The van der Waals surface area contributed by atoms with Crippen molar-refractivity contribution < 1.29 is 9.15 Å². The van der Waals surface area contributed by atoms with E-state index < -0.39 is 0 Å². The minimum absolute atomic E-state index is 0.384. The van der Waals surface area contributed by atoms with Crippen LogP contribution in [-0.4, -0.2) is 44.6 Å². The SMILES string of the molecule is COCCNCc1nnc(Nc2cccc(N(C)C)c2)o1. The number of nitrogens with zero attached hydrogens (tertiary/aromatic N) is 3. The first kappa shape index (κ1) is 15.3. The number of ether oxygens (including phenoxy) is 1. The van der Waals surface area contributed by atoms with E-state index in [2.05, 4.69) is 20.8 Å². The molecular formula is C14H21N5O2. The van der Waals surface area contributed by atoms with Crippen molar-refractivity contribution in [3.05, 3.63) is 30.2 Å². The quantitative estimate of drug-likeness (QED) is 0.716. The Kier molecular flexibility index (Phi) is 5.53. The van der Waals surface area contributed by atoms with Gasteiger partial charge in [0.25, 0.3) is 0 Å². The number of aromatic nitrogens is 2. The summed E-state index contributed by atoms with van der Waals surface area (Å²) in [7, 11) is 5.66. The minimum Gasteiger partial charge on any atom is -0.406 e. The Labute approximate surface area is 124 Å². The number of anilines is 3. The van der Waals surface area contributed by atoms with Gasteiger partial charge in [0.1, 0.15) is 0 Å². The summed E-state index contributed by atoms with van der Waals surface area (Å²) >= 11 is 0. The molecule has 2 rings (SSSR count). The Morgan fingerprint density at radius 3 is 2.90 bits per heavy atom. The summed E-state index contributed by atoms with van der Waals surface area (Å²) in [6.45, 7) is 1.92. The van der Waals surface area contributed by atoms with Crippen molar-refractivity contribution in [2.24, 2.45) is 0 Å². The predicted octanol–water partition coefficient (Wildman–Crippen LogP) is 1.62. The second-order valence-electron chi connectivity index (χ2n) is 4.74. The Balaban J connectivity index is 1.91. The Morgan fingerprint density at radius 1 is 1.29 bits per heavy atom. The third kappa shape index (κ3) is 4.73. The molecule has 114 valence electrons. The molecule has 0 aliphatic heterocycles. The molecule has 0 aliphatic rings. The van der Waals surface area contributed by atoms with E-state index in [0.717, 1.165) is 17.9 Å². The molecule has 0 atom stereocenters. The summed E-state index contributed by atoms with van der Waals surface area (Å²) in [5.74, 6) is 0.539. The predicted molar refractivity (Wildman–Crippen MR) is 81.9 cm³/mol. The van der Waals surface area contributed by atoms with E-state index in [1.54, 1.807) is 7.11 Å². The highest BCUT2D eigenvalue weighted by atomic mass is 16.5. The van der Waals surface area contributed by atoms with E-state index in [4.69, 9.17) is 9.15 Å². The molecule has 0 spiro atoms. The van der Waals surface area contributed by atoms with Crippen LogP contribution in [0.4, 0.5) is 17.4 Å². The summed E-state index contributed by atoms with van der Waals surface area (Å²) in [4.78, 5) is 2.03. The topological polar surface area (TPSA) is 75.5 Å². The normalized spacial score (nSPS) is 10.6. The van der Waals surface area contributed by atoms with Crippen LogP contribution in [0.1, 0.15) is 5.89 Å². The fourth-order valence-corrected chi connectivity index (χ4v) is 1.73. The molecule has 1 aromatic heterocycles. The van der Waals surface area contributed by atoms with Crippen molar-refractivity contribution in [1.82, 2.24) is 15.5 Å². The first-order valence-corrected chi connectivity index (χ1v) is 6.75. The van der Waals surface area contributed by atoms with Crippen molar-refractivity contribution in [3.8, 4) is 0 Å². The van der Waals surface area contributed by atoms with Crippen LogP contribution in [0.25, 0.3) is 0 Å². The largest absolute Gasteiger partial charge is 0.406 e. The van der Waals surface area contributed by atoms with Gasteiger partial charge in [-0.2, -0.15) is 0 Å². The second kappa shape index (κ2) is 7.61. The summed E-state index contributed by atoms with van der Waals surface area (Å²) in [5, 5.41) is 14.2. The third-order valence-electron chi connectivity index (χ3n) is 2.84. The highest BCUT2D eigenvalue weighted by molar-refractivity contribution is 5.60. The molecule has 0 amide bonds. The van der Waals surface area contributed by atoms with Gasteiger partial charge in [-0.25, -0.2) is 0 Å². The van der Waals surface area contributed by atoms with E-state index in [1.165, 1.54) is 0 Å². The van der Waals surface area contributed by atoms with Crippen LogP contribution < -0.4 is 15.5 Å². The van der Waals surface area contributed by atoms with Crippen LogP contribution in [0.2, 0.25) is 0 Å². The molecule has 21 heavy (non-hydrogen) atoms. The molecule has 7 nitrogen and oxygen atoms in total. The summed E-state index contributed by atoms with van der Waals surface area (Å²) in [5.41, 5.74) is 2.00. The maximum Gasteiger partial charge on any atom is 0.320 e. The maximum atomic E-state index is 5.52. The van der Waals surface area contributed by atoms with Crippen LogP contribution in [-0.2, 0) is 11.3 Å². The van der Waals surface area contributed by atoms with Gasteiger partial charge in [-0.05, 0) is 18.2 Å². The number of nitrogens with one attached hydrogen (secondary N) is 2. The van der Waals surface area contributed by atoms with Crippen LogP contribution in [0.3, 0.4) is 0 Å². The Hall–Kier alpha value is -2.12. The molecule has 1 aromatic carbocycles. The Morgan fingerprint density at radius 2 is 2.14 bits per heavy atom. The highest BCUT2D eigenvalue weighted by Gasteiger charge is 2.06. The average Bonchev–Trinajstić information content (AvgIpc) is 2.91. The summed E-state index contributed by atoms with van der Waals surface area (Å²) < 4.78 is 10.5. The lowest BCUT2D eigenvalue weighted by Gasteiger charge is -2.13. The van der Waals surface area contributed by atoms with Gasteiger partial charge in [0, 0.05) is 39.1 Å². The first-order valence-electron chi connectivity index (χ1n) is 6.75. The van der Waals surface area contributed by atoms with Crippen molar-refractivity contribution in [2.75, 3.05) is 44.6 Å². The number of hydrogen-bond donors (Lipinski definition) is 2. The fourth-order valence-electron chi connectivity index (χ4n) is 1.73. The molecule has 0 saturated heterocycles. The summed E-state index contributed by atoms with van der Waals surface area (Å²) in [6.07, 6.45) is 0. The molecule has 0 radical (unpaired) electrons. The molecule has 0 bridgehead atoms. The van der Waals surface area contributed by atoms with Gasteiger partial charge < -0.3 is 24.7 Å². The van der Waals surface area contributed by atoms with Crippen LogP contribution in [0.15, 0.2) is 28.7 Å².